The number of phenolic OH excluding ortho intramolecular Hbond substituents is 1. The molecule has 0 atom stereocenters. The van der Waals surface area contributed by atoms with Crippen molar-refractivity contribution in [3.63, 3.8) is 0 Å². The summed E-state index contributed by atoms with van der Waals surface area (Å²) in [6, 6.07) is 22.2. The van der Waals surface area contributed by atoms with E-state index >= 15 is 0 Å². The van der Waals surface area contributed by atoms with Crippen molar-refractivity contribution < 1.29 is 18.1 Å². The highest BCUT2D eigenvalue weighted by Crippen LogP contribution is 2.40. The zero-order valence-corrected chi connectivity index (χ0v) is 21.8. The molecule has 0 unspecified atom stereocenters. The van der Waals surface area contributed by atoms with Crippen LogP contribution >= 0.6 is 11.6 Å². The Morgan fingerprint density at radius 2 is 1.59 bits per heavy atom. The third kappa shape index (κ3) is 5.93. The van der Waals surface area contributed by atoms with Crippen molar-refractivity contribution in [1.82, 2.24) is 15.0 Å². The summed E-state index contributed by atoms with van der Waals surface area (Å²) < 4.78 is 32.7. The van der Waals surface area contributed by atoms with Gasteiger partial charge in [0.05, 0.1) is 16.3 Å². The van der Waals surface area contributed by atoms with E-state index < -0.39 is 10.1 Å². The molecule has 1 aromatic heterocycles. The van der Waals surface area contributed by atoms with E-state index in [9.17, 15) is 18.1 Å². The van der Waals surface area contributed by atoms with Gasteiger partial charge in [-0.15, -0.1) is 5.11 Å². The first-order valence-corrected chi connectivity index (χ1v) is 13.2. The van der Waals surface area contributed by atoms with Crippen molar-refractivity contribution in [3.05, 3.63) is 89.7 Å². The molecular formula is C26H20ClN7O4S. The first-order valence-electron chi connectivity index (χ1n) is 11.4. The first-order chi connectivity index (χ1) is 18.7. The molecule has 5 aromatic rings. The summed E-state index contributed by atoms with van der Waals surface area (Å²) in [6.07, 6.45) is 0. The van der Waals surface area contributed by atoms with Gasteiger partial charge in [0, 0.05) is 11.1 Å². The predicted octanol–water partition coefficient (Wildman–Crippen LogP) is 6.84. The van der Waals surface area contributed by atoms with Gasteiger partial charge in [0.2, 0.25) is 17.2 Å². The summed E-state index contributed by atoms with van der Waals surface area (Å²) in [7, 11) is -4.42. The molecule has 196 valence electrons. The average molecular weight is 562 g/mol. The molecular weight excluding hydrogens is 542 g/mol. The zero-order valence-electron chi connectivity index (χ0n) is 20.2. The Morgan fingerprint density at radius 3 is 2.33 bits per heavy atom. The summed E-state index contributed by atoms with van der Waals surface area (Å²) in [5.74, 6) is 0.194. The van der Waals surface area contributed by atoms with Gasteiger partial charge in [-0.05, 0) is 65.9 Å². The fraction of sp³-hybridized carbons (Fsp3) is 0.0385. The van der Waals surface area contributed by atoms with Crippen LogP contribution in [0.4, 0.5) is 34.6 Å². The SMILES string of the molecule is Cc1ccc(N=Nc2ccc3cccc(Nc4nc(Cl)nc(Nc5ccccc5)n4)c3c2O)cc1S(=O)(=O)O. The number of nitrogens with zero attached hydrogens (tertiary/aromatic N) is 5. The second-order valence-electron chi connectivity index (χ2n) is 8.33. The Balaban J connectivity index is 1.48. The molecule has 0 bridgehead atoms. The number of aryl methyl sites for hydroxylation is 1. The highest BCUT2D eigenvalue weighted by Gasteiger charge is 2.15. The molecule has 4 aromatic carbocycles. The first kappa shape index (κ1) is 26.0. The van der Waals surface area contributed by atoms with Gasteiger partial charge >= 0.3 is 0 Å². The number of hydrogen-bond donors (Lipinski definition) is 4. The number of nitrogens with one attached hydrogen (secondary N) is 2. The Morgan fingerprint density at radius 1 is 0.846 bits per heavy atom. The molecule has 1 heterocycles. The van der Waals surface area contributed by atoms with Gasteiger partial charge in [-0.1, -0.05) is 42.5 Å². The summed E-state index contributed by atoms with van der Waals surface area (Å²) in [4.78, 5) is 12.3. The van der Waals surface area contributed by atoms with Crippen LogP contribution in [0.1, 0.15) is 5.56 Å². The summed E-state index contributed by atoms with van der Waals surface area (Å²) in [6.45, 7) is 1.55. The van der Waals surface area contributed by atoms with E-state index in [1.165, 1.54) is 12.1 Å². The number of aromatic hydroxyl groups is 1. The maximum absolute atomic E-state index is 11.6. The highest BCUT2D eigenvalue weighted by atomic mass is 35.5. The number of rotatable bonds is 7. The van der Waals surface area contributed by atoms with Crippen LogP contribution in [-0.4, -0.2) is 33.0 Å². The largest absolute Gasteiger partial charge is 0.505 e. The number of hydrogen-bond acceptors (Lipinski definition) is 10. The lowest BCUT2D eigenvalue weighted by atomic mass is 10.1. The molecule has 4 N–H and O–H groups in total. The van der Waals surface area contributed by atoms with E-state index in [1.807, 2.05) is 36.4 Å². The van der Waals surface area contributed by atoms with E-state index in [0.717, 1.165) is 5.69 Å². The van der Waals surface area contributed by atoms with Crippen LogP contribution < -0.4 is 10.6 Å². The van der Waals surface area contributed by atoms with Gasteiger partial charge < -0.3 is 15.7 Å². The van der Waals surface area contributed by atoms with Crippen molar-refractivity contribution in [1.29, 1.82) is 0 Å². The predicted molar refractivity (Wildman–Crippen MR) is 149 cm³/mol. The van der Waals surface area contributed by atoms with Crippen molar-refractivity contribution in [2.45, 2.75) is 11.8 Å². The molecule has 0 aliphatic heterocycles. The van der Waals surface area contributed by atoms with Gasteiger partial charge in [-0.3, -0.25) is 4.55 Å². The second kappa shape index (κ2) is 10.6. The molecule has 39 heavy (non-hydrogen) atoms. The number of anilines is 4. The molecule has 11 nitrogen and oxygen atoms in total. The average Bonchev–Trinajstić information content (AvgIpc) is 2.89. The van der Waals surface area contributed by atoms with Gasteiger partial charge in [-0.2, -0.15) is 28.5 Å². The molecule has 0 saturated carbocycles. The molecule has 13 heteroatoms. The summed E-state index contributed by atoms with van der Waals surface area (Å²) in [5, 5.41) is 26.5. The van der Waals surface area contributed by atoms with Crippen LogP contribution in [0.2, 0.25) is 5.28 Å². The fourth-order valence-corrected chi connectivity index (χ4v) is 4.71. The van der Waals surface area contributed by atoms with Crippen LogP contribution in [0.5, 0.6) is 5.75 Å². The Bertz CT molecular complexity index is 1830. The topological polar surface area (TPSA) is 162 Å². The molecule has 5 rings (SSSR count). The number of azo groups is 1. The lowest BCUT2D eigenvalue weighted by Gasteiger charge is -2.12. The van der Waals surface area contributed by atoms with Gasteiger partial charge in [0.15, 0.2) is 5.75 Å². The smallest absolute Gasteiger partial charge is 0.294 e. The van der Waals surface area contributed by atoms with Crippen LogP contribution in [0.25, 0.3) is 10.8 Å². The lowest BCUT2D eigenvalue weighted by molar-refractivity contribution is 0.481. The van der Waals surface area contributed by atoms with E-state index in [4.69, 9.17) is 11.6 Å². The quantitative estimate of drug-likeness (QED) is 0.123. The Labute approximate surface area is 228 Å². The van der Waals surface area contributed by atoms with Gasteiger partial charge in [0.25, 0.3) is 10.1 Å². The maximum Gasteiger partial charge on any atom is 0.294 e. The monoisotopic (exact) mass is 561 g/mol. The van der Waals surface area contributed by atoms with Crippen molar-refractivity contribution >= 4 is 67.1 Å². The minimum absolute atomic E-state index is 0.0350. The fourth-order valence-electron chi connectivity index (χ4n) is 3.81. The Hall–Kier alpha value is -4.65. The van der Waals surface area contributed by atoms with E-state index in [-0.39, 0.29) is 39.2 Å². The molecule has 0 fully saturated rings. The summed E-state index contributed by atoms with van der Waals surface area (Å²) in [5.41, 5.74) is 1.91. The zero-order chi connectivity index (χ0) is 27.6. The minimum atomic E-state index is -4.42. The number of aromatic nitrogens is 3. The molecule has 0 aliphatic carbocycles. The molecule has 0 aliphatic rings. The van der Waals surface area contributed by atoms with Crippen LogP contribution in [0.15, 0.2) is 94.0 Å². The maximum atomic E-state index is 11.6. The number of phenols is 1. The molecule has 0 spiro atoms. The molecule has 0 radical (unpaired) electrons. The van der Waals surface area contributed by atoms with Crippen molar-refractivity contribution in [2.24, 2.45) is 10.2 Å². The molecule has 0 saturated heterocycles. The standard InChI is InChI=1S/C26H20ClN7O4S/c1-15-10-12-18(14-21(15)39(36,37)38)33-34-20-13-11-16-6-5-9-19(22(16)23(20)35)29-26-31-24(27)30-25(32-26)28-17-7-3-2-4-8-17/h2-14,35H,1H3,(H,36,37,38)(H2,28,29,30,31,32). The lowest BCUT2D eigenvalue weighted by Crippen LogP contribution is -2.04. The van der Waals surface area contributed by atoms with E-state index in [1.54, 1.807) is 37.3 Å². The van der Waals surface area contributed by atoms with Crippen molar-refractivity contribution in [3.8, 4) is 5.75 Å². The number of benzene rings is 4. The van der Waals surface area contributed by atoms with Crippen LogP contribution in [0.3, 0.4) is 0 Å². The van der Waals surface area contributed by atoms with E-state index in [0.29, 0.717) is 22.0 Å². The third-order valence-corrected chi connectivity index (χ3v) is 6.77. The second-order valence-corrected chi connectivity index (χ2v) is 10.1. The van der Waals surface area contributed by atoms with Crippen molar-refractivity contribution in [2.75, 3.05) is 10.6 Å². The number of para-hydroxylation sites is 1. The minimum Gasteiger partial charge on any atom is -0.505 e. The number of fused-ring (bicyclic) bond motifs is 1. The normalized spacial score (nSPS) is 11.7. The van der Waals surface area contributed by atoms with E-state index in [2.05, 4.69) is 35.8 Å². The highest BCUT2D eigenvalue weighted by molar-refractivity contribution is 7.85. The van der Waals surface area contributed by atoms with Crippen LogP contribution in [0, 0.1) is 6.92 Å². The van der Waals surface area contributed by atoms with Gasteiger partial charge in [0.1, 0.15) is 5.69 Å². The summed E-state index contributed by atoms with van der Waals surface area (Å²) >= 11 is 6.13. The Kier molecular flexibility index (Phi) is 7.07. The van der Waals surface area contributed by atoms with Gasteiger partial charge in [-0.25, -0.2) is 0 Å². The molecule has 0 amide bonds. The number of halogens is 1. The van der Waals surface area contributed by atoms with Crippen LogP contribution in [-0.2, 0) is 10.1 Å². The third-order valence-electron chi connectivity index (χ3n) is 5.60.